The van der Waals surface area contributed by atoms with Crippen LogP contribution in [0.15, 0.2) is 300 Å². The quantitative estimate of drug-likeness (QED) is 0.152. The average Bonchev–Trinajstić information content (AvgIpc) is 1.68. The summed E-state index contributed by atoms with van der Waals surface area (Å²) in [5.74, 6) is 0. The van der Waals surface area contributed by atoms with Crippen molar-refractivity contribution in [2.75, 3.05) is 9.80 Å². The van der Waals surface area contributed by atoms with Gasteiger partial charge in [-0.2, -0.15) is 0 Å². The zero-order valence-electron chi connectivity index (χ0n) is 47.9. The monoisotopic (exact) mass is 1110 g/mol. The van der Waals surface area contributed by atoms with Crippen molar-refractivity contribution in [2.24, 2.45) is 0 Å². The van der Waals surface area contributed by atoms with E-state index in [2.05, 4.69) is 315 Å². The van der Waals surface area contributed by atoms with Crippen molar-refractivity contribution in [1.29, 1.82) is 0 Å². The molecule has 2 aromatic heterocycles. The summed E-state index contributed by atoms with van der Waals surface area (Å²) in [5.41, 5.74) is 18.7. The van der Waals surface area contributed by atoms with E-state index in [0.29, 0.717) is 0 Å². The van der Waals surface area contributed by atoms with E-state index in [9.17, 15) is 0 Å². The molecule has 0 fully saturated rings. The minimum absolute atomic E-state index is 0.431. The first-order chi connectivity index (χ1) is 42.9. The Balaban J connectivity index is 0.831. The highest BCUT2D eigenvalue weighted by atomic mass is 16.3. The maximum Gasteiger partial charge on any atom is 0.159 e. The van der Waals surface area contributed by atoms with E-state index in [0.717, 1.165) is 106 Å². The molecule has 1 aliphatic carbocycles. The molecule has 15 aromatic carbocycles. The molecule has 0 bridgehead atoms. The van der Waals surface area contributed by atoms with Crippen LogP contribution in [0.25, 0.3) is 131 Å². The molecule has 0 amide bonds. The highest BCUT2D eigenvalue weighted by Crippen LogP contribution is 2.57. The summed E-state index contributed by atoms with van der Waals surface area (Å²) in [4.78, 5) is 4.84. The number of hydrogen-bond acceptors (Lipinski definition) is 4. The predicted molar refractivity (Wildman–Crippen MR) is 366 cm³/mol. The highest BCUT2D eigenvalue weighted by molar-refractivity contribution is 6.27. The average molecular weight is 1110 g/mol. The maximum absolute atomic E-state index is 7.51. The molecular weight excluding hydrogens is 1060 g/mol. The van der Waals surface area contributed by atoms with Crippen molar-refractivity contribution in [1.82, 2.24) is 0 Å². The second kappa shape index (κ2) is 18.9. The Kier molecular flexibility index (Phi) is 10.7. The normalized spacial score (nSPS) is 12.8. The van der Waals surface area contributed by atoms with Crippen LogP contribution < -0.4 is 9.80 Å². The van der Waals surface area contributed by atoms with Crippen molar-refractivity contribution >= 4 is 132 Å². The molecular formula is C83H54N2O2. The molecule has 0 atom stereocenters. The zero-order valence-corrected chi connectivity index (χ0v) is 47.9. The molecule has 0 N–H and O–H groups in total. The number of nitrogens with zero attached hydrogens (tertiary/aromatic N) is 2. The standard InChI is InChI=1S/C83H54N2O2/c1-83(2)71-49-57(84(55-29-5-3-6-30-55)73-43-21-41-67-77-60-35-15-11-25-53(60)47-69(81(77)86-79(67)73)62-39-19-27-51-23-9-13-33-58(51)62)45-46-66(71)76-65-38-18-17-37-64(65)75(50-72(76)83)85(56-31-7-4-8-32-56)74-44-22-42-68-78-61-36-16-12-26-54(61)48-70(82(78)87-80(68)74)63-40-20-28-52-24-10-14-34-59(52)63/h3-50H,1-2H3. The van der Waals surface area contributed by atoms with Gasteiger partial charge < -0.3 is 18.6 Å². The Hall–Kier alpha value is -11.2. The van der Waals surface area contributed by atoms with Crippen LogP contribution in [-0.2, 0) is 5.41 Å². The fraction of sp³-hybridized carbons (Fsp3) is 0.0361. The Morgan fingerprint density at radius 3 is 1.23 bits per heavy atom. The molecule has 0 radical (unpaired) electrons. The number of hydrogen-bond donors (Lipinski definition) is 0. The van der Waals surface area contributed by atoms with Crippen molar-refractivity contribution in [2.45, 2.75) is 19.3 Å². The molecule has 0 saturated carbocycles. The molecule has 4 nitrogen and oxygen atoms in total. The maximum atomic E-state index is 7.51. The minimum atomic E-state index is -0.431. The largest absolute Gasteiger partial charge is 0.453 e. The molecule has 0 aliphatic heterocycles. The van der Waals surface area contributed by atoms with E-state index >= 15 is 0 Å². The van der Waals surface area contributed by atoms with Gasteiger partial charge in [-0.05, 0) is 149 Å². The summed E-state index contributed by atoms with van der Waals surface area (Å²) in [6, 6.07) is 106. The molecule has 2 heterocycles. The summed E-state index contributed by atoms with van der Waals surface area (Å²) in [6.07, 6.45) is 0. The van der Waals surface area contributed by atoms with E-state index in [1.54, 1.807) is 0 Å². The van der Waals surface area contributed by atoms with Gasteiger partial charge in [0, 0.05) is 60.5 Å². The third-order valence-electron chi connectivity index (χ3n) is 18.7. The molecule has 87 heavy (non-hydrogen) atoms. The lowest BCUT2D eigenvalue weighted by Gasteiger charge is -2.30. The lowest BCUT2D eigenvalue weighted by Crippen LogP contribution is -2.18. The third kappa shape index (κ3) is 7.31. The van der Waals surface area contributed by atoms with Crippen molar-refractivity contribution in [3.63, 3.8) is 0 Å². The molecule has 4 heteroatoms. The minimum Gasteiger partial charge on any atom is -0.453 e. The second-order valence-corrected chi connectivity index (χ2v) is 23.8. The van der Waals surface area contributed by atoms with Crippen LogP contribution >= 0.6 is 0 Å². The highest BCUT2D eigenvalue weighted by Gasteiger charge is 2.39. The van der Waals surface area contributed by atoms with Crippen molar-refractivity contribution < 1.29 is 8.83 Å². The molecule has 18 rings (SSSR count). The van der Waals surface area contributed by atoms with Gasteiger partial charge in [-0.15, -0.1) is 0 Å². The summed E-state index contributed by atoms with van der Waals surface area (Å²) in [6.45, 7) is 4.80. The molecule has 0 saturated heterocycles. The van der Waals surface area contributed by atoms with Gasteiger partial charge in [0.2, 0.25) is 0 Å². The van der Waals surface area contributed by atoms with Crippen LogP contribution in [0.1, 0.15) is 25.0 Å². The zero-order chi connectivity index (χ0) is 57.5. The Morgan fingerprint density at radius 2 is 0.678 bits per heavy atom. The SMILES string of the molecule is CC1(C)c2cc(N(c3ccccc3)c3cccc4c3oc3c(-c5cccc6ccccc56)cc5ccccc5c34)ccc2-c2c1cc(N(c1ccccc1)c1cccc3c1oc1c(-c4cccc5ccccc45)cc4ccccc4c13)c1ccccc21. The fourth-order valence-electron chi connectivity index (χ4n) is 14.8. The Labute approximate surface area is 502 Å². The number of rotatable bonds is 8. The molecule has 17 aromatic rings. The van der Waals surface area contributed by atoms with E-state index in [-0.39, 0.29) is 0 Å². The first-order valence-corrected chi connectivity index (χ1v) is 30.1. The van der Waals surface area contributed by atoms with E-state index in [4.69, 9.17) is 8.83 Å². The Morgan fingerprint density at radius 1 is 0.253 bits per heavy atom. The lowest BCUT2D eigenvalue weighted by atomic mass is 9.81. The number of anilines is 6. The van der Waals surface area contributed by atoms with Crippen LogP contribution in [0.3, 0.4) is 0 Å². The summed E-state index contributed by atoms with van der Waals surface area (Å²) < 4.78 is 14.9. The third-order valence-corrected chi connectivity index (χ3v) is 18.7. The topological polar surface area (TPSA) is 32.8 Å². The summed E-state index contributed by atoms with van der Waals surface area (Å²) in [5, 5.41) is 16.2. The first kappa shape index (κ1) is 49.2. The predicted octanol–water partition coefficient (Wildman–Crippen LogP) is 23.8. The van der Waals surface area contributed by atoms with Gasteiger partial charge in [-0.1, -0.05) is 238 Å². The van der Waals surface area contributed by atoms with Crippen LogP contribution in [0.2, 0.25) is 0 Å². The number of benzene rings is 15. The number of fused-ring (bicyclic) bond motifs is 17. The van der Waals surface area contributed by atoms with Gasteiger partial charge in [-0.25, -0.2) is 0 Å². The van der Waals surface area contributed by atoms with Gasteiger partial charge >= 0.3 is 0 Å². The molecule has 0 unspecified atom stereocenters. The van der Waals surface area contributed by atoms with Gasteiger partial charge in [0.1, 0.15) is 11.2 Å². The van der Waals surface area contributed by atoms with Gasteiger partial charge in [-0.3, -0.25) is 0 Å². The molecule has 0 spiro atoms. The van der Waals surface area contributed by atoms with E-state index < -0.39 is 5.41 Å². The van der Waals surface area contributed by atoms with Crippen molar-refractivity contribution in [3.8, 4) is 33.4 Å². The molecule has 1 aliphatic rings. The van der Waals surface area contributed by atoms with Crippen LogP contribution in [0.4, 0.5) is 34.1 Å². The Bertz CT molecular complexity index is 5690. The van der Waals surface area contributed by atoms with Crippen molar-refractivity contribution in [3.05, 3.63) is 302 Å². The summed E-state index contributed by atoms with van der Waals surface area (Å²) >= 11 is 0. The first-order valence-electron chi connectivity index (χ1n) is 30.1. The summed E-state index contributed by atoms with van der Waals surface area (Å²) in [7, 11) is 0. The smallest absolute Gasteiger partial charge is 0.159 e. The number of furan rings is 2. The van der Waals surface area contributed by atoms with Gasteiger partial charge in [0.05, 0.1) is 17.1 Å². The van der Waals surface area contributed by atoms with E-state index in [1.165, 1.54) is 70.7 Å². The fourth-order valence-corrected chi connectivity index (χ4v) is 14.8. The second-order valence-electron chi connectivity index (χ2n) is 23.8. The van der Waals surface area contributed by atoms with Crippen LogP contribution in [-0.4, -0.2) is 0 Å². The van der Waals surface area contributed by atoms with E-state index in [1.807, 2.05) is 0 Å². The number of para-hydroxylation sites is 4. The lowest BCUT2D eigenvalue weighted by molar-refractivity contribution is 0.660. The van der Waals surface area contributed by atoms with Gasteiger partial charge in [0.25, 0.3) is 0 Å². The van der Waals surface area contributed by atoms with Crippen LogP contribution in [0.5, 0.6) is 0 Å². The molecule has 408 valence electrons. The van der Waals surface area contributed by atoms with Crippen LogP contribution in [0, 0.1) is 0 Å². The van der Waals surface area contributed by atoms with Gasteiger partial charge in [0.15, 0.2) is 11.2 Å².